The van der Waals surface area contributed by atoms with E-state index in [0.717, 1.165) is 24.2 Å². The number of amides is 2. The van der Waals surface area contributed by atoms with Gasteiger partial charge in [-0.15, -0.1) is 0 Å². The van der Waals surface area contributed by atoms with Crippen LogP contribution in [0.5, 0.6) is 5.75 Å². The van der Waals surface area contributed by atoms with E-state index >= 15 is 0 Å². The Hall–Kier alpha value is -2.24. The smallest absolute Gasteiger partial charge is 0.409 e. The van der Waals surface area contributed by atoms with Crippen LogP contribution in [0.3, 0.4) is 0 Å². The number of ether oxygens (including phenoxy) is 2. The molecule has 2 rings (SSSR count). The van der Waals surface area contributed by atoms with Crippen LogP contribution in [0, 0.1) is 6.92 Å². The van der Waals surface area contributed by atoms with Crippen molar-refractivity contribution in [3.05, 3.63) is 29.3 Å². The Morgan fingerprint density at radius 1 is 1.30 bits per heavy atom. The maximum atomic E-state index is 12.3. The second-order valence-corrected chi connectivity index (χ2v) is 5.62. The number of carbonyl (C=O) groups excluding carboxylic acids is 2. The molecule has 1 aromatic carbocycles. The Bertz CT molecular complexity index is 566. The van der Waals surface area contributed by atoms with Crippen molar-refractivity contribution in [2.75, 3.05) is 26.8 Å². The molecule has 0 aliphatic carbocycles. The fourth-order valence-electron chi connectivity index (χ4n) is 2.71. The molecule has 1 saturated heterocycles. The maximum Gasteiger partial charge on any atom is 0.409 e. The molecule has 0 saturated carbocycles. The molecule has 0 aromatic heterocycles. The second kappa shape index (κ2) is 7.85. The van der Waals surface area contributed by atoms with Gasteiger partial charge in [-0.05, 0) is 50.5 Å². The molecular formula is C17H24N2O4. The van der Waals surface area contributed by atoms with Gasteiger partial charge in [0.2, 0.25) is 0 Å². The summed E-state index contributed by atoms with van der Waals surface area (Å²) in [4.78, 5) is 25.7. The summed E-state index contributed by atoms with van der Waals surface area (Å²) >= 11 is 0. The van der Waals surface area contributed by atoms with Gasteiger partial charge in [-0.1, -0.05) is 0 Å². The Labute approximate surface area is 136 Å². The van der Waals surface area contributed by atoms with E-state index < -0.39 is 0 Å². The van der Waals surface area contributed by atoms with Gasteiger partial charge >= 0.3 is 6.09 Å². The van der Waals surface area contributed by atoms with Crippen LogP contribution in [0.1, 0.15) is 35.7 Å². The van der Waals surface area contributed by atoms with E-state index in [1.165, 1.54) is 0 Å². The molecule has 0 bridgehead atoms. The van der Waals surface area contributed by atoms with Crippen LogP contribution < -0.4 is 10.1 Å². The maximum absolute atomic E-state index is 12.3. The average molecular weight is 320 g/mol. The van der Waals surface area contributed by atoms with Crippen molar-refractivity contribution in [3.63, 3.8) is 0 Å². The van der Waals surface area contributed by atoms with Crippen molar-refractivity contribution in [3.8, 4) is 5.75 Å². The fourth-order valence-corrected chi connectivity index (χ4v) is 2.71. The summed E-state index contributed by atoms with van der Waals surface area (Å²) in [6.45, 7) is 5.29. The van der Waals surface area contributed by atoms with Crippen molar-refractivity contribution in [1.29, 1.82) is 0 Å². The summed E-state index contributed by atoms with van der Waals surface area (Å²) in [5.41, 5.74) is 1.55. The summed E-state index contributed by atoms with van der Waals surface area (Å²) in [5.74, 6) is 0.676. The van der Waals surface area contributed by atoms with Gasteiger partial charge in [0.1, 0.15) is 5.75 Å². The molecule has 1 fully saturated rings. The van der Waals surface area contributed by atoms with E-state index in [0.29, 0.717) is 25.3 Å². The molecule has 1 aromatic rings. The lowest BCUT2D eigenvalue weighted by Crippen LogP contribution is -2.46. The van der Waals surface area contributed by atoms with Crippen LogP contribution >= 0.6 is 0 Å². The molecule has 0 unspecified atom stereocenters. The van der Waals surface area contributed by atoms with E-state index in [1.54, 1.807) is 31.1 Å². The van der Waals surface area contributed by atoms with Crippen molar-refractivity contribution in [1.82, 2.24) is 10.2 Å². The fraction of sp³-hybridized carbons (Fsp3) is 0.529. The molecule has 6 heteroatoms. The molecule has 2 amide bonds. The number of nitrogens with zero attached hydrogens (tertiary/aromatic N) is 1. The van der Waals surface area contributed by atoms with Gasteiger partial charge in [-0.25, -0.2) is 4.79 Å². The van der Waals surface area contributed by atoms with Gasteiger partial charge in [0.25, 0.3) is 5.91 Å². The van der Waals surface area contributed by atoms with Crippen molar-refractivity contribution < 1.29 is 19.1 Å². The van der Waals surface area contributed by atoms with Gasteiger partial charge in [0, 0.05) is 24.7 Å². The van der Waals surface area contributed by atoms with Gasteiger partial charge in [-0.3, -0.25) is 4.79 Å². The van der Waals surface area contributed by atoms with Crippen LogP contribution in [-0.4, -0.2) is 49.7 Å². The summed E-state index contributed by atoms with van der Waals surface area (Å²) < 4.78 is 10.2. The average Bonchev–Trinajstić information content (AvgIpc) is 2.55. The number of hydrogen-bond acceptors (Lipinski definition) is 4. The standard InChI is InChI=1S/C17H24N2O4/c1-4-23-17(21)19-9-7-14(8-10-19)18-16(20)13-5-6-15(22-3)12(2)11-13/h5-6,11,14H,4,7-10H2,1-3H3,(H,18,20). The first-order valence-corrected chi connectivity index (χ1v) is 7.92. The highest BCUT2D eigenvalue weighted by Crippen LogP contribution is 2.19. The third-order valence-electron chi connectivity index (χ3n) is 4.01. The first-order chi connectivity index (χ1) is 11.0. The number of benzene rings is 1. The lowest BCUT2D eigenvalue weighted by atomic mass is 10.0. The Morgan fingerprint density at radius 2 is 2.00 bits per heavy atom. The lowest BCUT2D eigenvalue weighted by Gasteiger charge is -2.31. The van der Waals surface area contributed by atoms with E-state index in [-0.39, 0.29) is 18.0 Å². The number of rotatable bonds is 4. The van der Waals surface area contributed by atoms with Crippen molar-refractivity contribution in [2.45, 2.75) is 32.7 Å². The largest absolute Gasteiger partial charge is 0.496 e. The van der Waals surface area contributed by atoms with E-state index in [4.69, 9.17) is 9.47 Å². The van der Waals surface area contributed by atoms with E-state index in [9.17, 15) is 9.59 Å². The van der Waals surface area contributed by atoms with Crippen LogP contribution in [0.2, 0.25) is 0 Å². The minimum absolute atomic E-state index is 0.0792. The van der Waals surface area contributed by atoms with Gasteiger partial charge in [0.05, 0.1) is 13.7 Å². The van der Waals surface area contributed by atoms with Gasteiger partial charge in [-0.2, -0.15) is 0 Å². The number of piperidine rings is 1. The summed E-state index contributed by atoms with van der Waals surface area (Å²) in [7, 11) is 1.61. The zero-order chi connectivity index (χ0) is 16.8. The number of nitrogens with one attached hydrogen (secondary N) is 1. The van der Waals surface area contributed by atoms with E-state index in [2.05, 4.69) is 5.32 Å². The van der Waals surface area contributed by atoms with Crippen LogP contribution in [-0.2, 0) is 4.74 Å². The molecule has 1 aliphatic rings. The van der Waals surface area contributed by atoms with Crippen LogP contribution in [0.25, 0.3) is 0 Å². The van der Waals surface area contributed by atoms with Gasteiger partial charge < -0.3 is 19.7 Å². The lowest BCUT2D eigenvalue weighted by molar-refractivity contribution is 0.0860. The molecule has 23 heavy (non-hydrogen) atoms. The molecule has 1 heterocycles. The van der Waals surface area contributed by atoms with Gasteiger partial charge in [0.15, 0.2) is 0 Å². The topological polar surface area (TPSA) is 67.9 Å². The molecule has 0 spiro atoms. The number of methoxy groups -OCH3 is 1. The Balaban J connectivity index is 1.87. The molecule has 1 aliphatic heterocycles. The normalized spacial score (nSPS) is 15.2. The van der Waals surface area contributed by atoms with Crippen LogP contribution in [0.15, 0.2) is 18.2 Å². The van der Waals surface area contributed by atoms with Crippen molar-refractivity contribution in [2.24, 2.45) is 0 Å². The third kappa shape index (κ3) is 4.37. The molecule has 1 N–H and O–H groups in total. The van der Waals surface area contributed by atoms with Crippen molar-refractivity contribution >= 4 is 12.0 Å². The molecule has 126 valence electrons. The number of aryl methyl sites for hydroxylation is 1. The molecule has 6 nitrogen and oxygen atoms in total. The number of carbonyl (C=O) groups is 2. The van der Waals surface area contributed by atoms with E-state index in [1.807, 2.05) is 13.0 Å². The minimum Gasteiger partial charge on any atom is -0.496 e. The van der Waals surface area contributed by atoms with Crippen LogP contribution in [0.4, 0.5) is 4.79 Å². The Kier molecular flexibility index (Phi) is 5.84. The Morgan fingerprint density at radius 3 is 2.57 bits per heavy atom. The first kappa shape index (κ1) is 17.1. The quantitative estimate of drug-likeness (QED) is 0.925. The second-order valence-electron chi connectivity index (χ2n) is 5.62. The zero-order valence-electron chi connectivity index (χ0n) is 13.9. The third-order valence-corrected chi connectivity index (χ3v) is 4.01. The highest BCUT2D eigenvalue weighted by atomic mass is 16.6. The highest BCUT2D eigenvalue weighted by molar-refractivity contribution is 5.94. The zero-order valence-corrected chi connectivity index (χ0v) is 13.9. The number of hydrogen-bond donors (Lipinski definition) is 1. The monoisotopic (exact) mass is 320 g/mol. The minimum atomic E-state index is -0.275. The molecular weight excluding hydrogens is 296 g/mol. The predicted molar refractivity (Wildman–Crippen MR) is 86.8 cm³/mol. The highest BCUT2D eigenvalue weighted by Gasteiger charge is 2.24. The first-order valence-electron chi connectivity index (χ1n) is 7.92. The summed E-state index contributed by atoms with van der Waals surface area (Å²) in [6, 6.07) is 5.46. The predicted octanol–water partition coefficient (Wildman–Crippen LogP) is 2.35. The molecule has 0 atom stereocenters. The number of likely N-dealkylation sites (tertiary alicyclic amines) is 1. The molecule has 0 radical (unpaired) electrons. The summed E-state index contributed by atoms with van der Waals surface area (Å²) in [6.07, 6.45) is 1.20. The SMILES string of the molecule is CCOC(=O)N1CCC(NC(=O)c2ccc(OC)c(C)c2)CC1. The summed E-state index contributed by atoms with van der Waals surface area (Å²) in [5, 5.41) is 3.03.